The van der Waals surface area contributed by atoms with E-state index in [-0.39, 0.29) is 5.56 Å². The molecule has 3 aromatic carbocycles. The molecule has 5 heteroatoms. The highest BCUT2D eigenvalue weighted by Gasteiger charge is 2.13. The predicted octanol–water partition coefficient (Wildman–Crippen LogP) is 6.54. The van der Waals surface area contributed by atoms with Crippen LogP contribution < -0.4 is 0 Å². The Kier molecular flexibility index (Phi) is 6.83. The van der Waals surface area contributed by atoms with Crippen molar-refractivity contribution in [1.82, 2.24) is 4.98 Å². The largest absolute Gasteiger partial charge is 0.478 e. The molecule has 0 amide bonds. The van der Waals surface area contributed by atoms with E-state index in [1.807, 2.05) is 62.4 Å². The first kappa shape index (κ1) is 22.9. The Balaban J connectivity index is 1.56. The molecular formula is C29H26N2O3. The smallest absolute Gasteiger partial charge is 0.335 e. The maximum atomic E-state index is 11.3. The van der Waals surface area contributed by atoms with Crippen LogP contribution in [-0.4, -0.2) is 27.0 Å². The third-order valence-corrected chi connectivity index (χ3v) is 5.99. The maximum absolute atomic E-state index is 11.3. The van der Waals surface area contributed by atoms with E-state index in [1.165, 1.54) is 0 Å². The van der Waals surface area contributed by atoms with Crippen molar-refractivity contribution in [2.75, 3.05) is 0 Å². The maximum Gasteiger partial charge on any atom is 0.335 e. The minimum Gasteiger partial charge on any atom is -0.478 e. The van der Waals surface area contributed by atoms with E-state index in [1.54, 1.807) is 24.4 Å². The number of carbonyl (C=O) groups is 1. The SMILES string of the molecule is Cc1cc(-c2cccc(/C(CCc3cccc(-c4cccc(C(=O)O)c4)c3)=N\O)c2C)ccn1. The number of benzene rings is 3. The van der Waals surface area contributed by atoms with Gasteiger partial charge in [0.2, 0.25) is 0 Å². The van der Waals surface area contributed by atoms with Crippen molar-refractivity contribution >= 4 is 11.7 Å². The zero-order chi connectivity index (χ0) is 24.1. The second kappa shape index (κ2) is 10.1. The molecule has 0 unspecified atom stereocenters. The molecule has 0 radical (unpaired) electrons. The molecule has 0 spiro atoms. The van der Waals surface area contributed by atoms with Gasteiger partial charge >= 0.3 is 5.97 Å². The van der Waals surface area contributed by atoms with Crippen molar-refractivity contribution in [1.29, 1.82) is 0 Å². The number of carboxylic acids is 1. The fourth-order valence-electron chi connectivity index (χ4n) is 4.21. The second-order valence-corrected chi connectivity index (χ2v) is 8.30. The molecular weight excluding hydrogens is 424 g/mol. The topological polar surface area (TPSA) is 82.8 Å². The van der Waals surface area contributed by atoms with E-state index in [2.05, 4.69) is 22.3 Å². The molecule has 5 nitrogen and oxygen atoms in total. The van der Waals surface area contributed by atoms with Crippen LogP contribution in [0, 0.1) is 13.8 Å². The zero-order valence-electron chi connectivity index (χ0n) is 19.2. The first-order chi connectivity index (χ1) is 16.5. The molecule has 0 aliphatic heterocycles. The van der Waals surface area contributed by atoms with E-state index < -0.39 is 5.97 Å². The van der Waals surface area contributed by atoms with Gasteiger partial charge in [-0.2, -0.15) is 0 Å². The minimum absolute atomic E-state index is 0.261. The average molecular weight is 451 g/mol. The number of hydrogen-bond donors (Lipinski definition) is 2. The van der Waals surface area contributed by atoms with E-state index in [0.717, 1.165) is 44.6 Å². The van der Waals surface area contributed by atoms with E-state index >= 15 is 0 Å². The first-order valence-corrected chi connectivity index (χ1v) is 11.1. The van der Waals surface area contributed by atoms with E-state index in [0.29, 0.717) is 18.6 Å². The fourth-order valence-corrected chi connectivity index (χ4v) is 4.21. The number of aromatic carboxylic acids is 1. The lowest BCUT2D eigenvalue weighted by Crippen LogP contribution is -2.06. The van der Waals surface area contributed by atoms with Crippen molar-refractivity contribution in [3.05, 3.63) is 113 Å². The predicted molar refractivity (Wildman–Crippen MR) is 135 cm³/mol. The molecule has 0 aliphatic carbocycles. The quantitative estimate of drug-likeness (QED) is 0.190. The summed E-state index contributed by atoms with van der Waals surface area (Å²) in [5.41, 5.74) is 8.87. The van der Waals surface area contributed by atoms with E-state index in [4.69, 9.17) is 0 Å². The van der Waals surface area contributed by atoms with Gasteiger partial charge in [0, 0.05) is 17.5 Å². The lowest BCUT2D eigenvalue weighted by molar-refractivity contribution is 0.0697. The monoisotopic (exact) mass is 450 g/mol. The van der Waals surface area contributed by atoms with Crippen LogP contribution in [0.1, 0.15) is 39.2 Å². The Bertz CT molecular complexity index is 1380. The van der Waals surface area contributed by atoms with Crippen LogP contribution in [-0.2, 0) is 6.42 Å². The summed E-state index contributed by atoms with van der Waals surface area (Å²) in [7, 11) is 0. The number of carboxylic acid groups (broad SMARTS) is 1. The van der Waals surface area contributed by atoms with E-state index in [9.17, 15) is 15.1 Å². The third-order valence-electron chi connectivity index (χ3n) is 5.99. The molecule has 4 rings (SSSR count). The number of aromatic nitrogens is 1. The van der Waals surface area contributed by atoms with Gasteiger partial charge in [-0.3, -0.25) is 4.98 Å². The fraction of sp³-hybridized carbons (Fsp3) is 0.138. The highest BCUT2D eigenvalue weighted by Crippen LogP contribution is 2.28. The lowest BCUT2D eigenvalue weighted by Gasteiger charge is -2.13. The van der Waals surface area contributed by atoms with Crippen LogP contribution in [0.3, 0.4) is 0 Å². The molecule has 170 valence electrons. The van der Waals surface area contributed by atoms with Gasteiger partial charge in [0.05, 0.1) is 11.3 Å². The van der Waals surface area contributed by atoms with Crippen LogP contribution >= 0.6 is 0 Å². The summed E-state index contributed by atoms with van der Waals surface area (Å²) in [6.07, 6.45) is 3.05. The normalized spacial score (nSPS) is 11.4. The molecule has 0 bridgehead atoms. The summed E-state index contributed by atoms with van der Waals surface area (Å²) < 4.78 is 0. The van der Waals surface area contributed by atoms with Crippen molar-refractivity contribution in [3.8, 4) is 22.3 Å². The van der Waals surface area contributed by atoms with Crippen molar-refractivity contribution < 1.29 is 15.1 Å². The van der Waals surface area contributed by atoms with Crippen LogP contribution in [0.4, 0.5) is 0 Å². The highest BCUT2D eigenvalue weighted by atomic mass is 16.4. The number of pyridine rings is 1. The molecule has 0 fully saturated rings. The summed E-state index contributed by atoms with van der Waals surface area (Å²) in [4.78, 5) is 15.6. The van der Waals surface area contributed by atoms with Gasteiger partial charge in [-0.25, -0.2) is 4.79 Å². The van der Waals surface area contributed by atoms with Crippen LogP contribution in [0.2, 0.25) is 0 Å². The molecule has 0 saturated heterocycles. The van der Waals surface area contributed by atoms with Crippen LogP contribution in [0.15, 0.2) is 90.2 Å². The van der Waals surface area contributed by atoms with Crippen LogP contribution in [0.25, 0.3) is 22.3 Å². The highest BCUT2D eigenvalue weighted by molar-refractivity contribution is 6.03. The molecule has 34 heavy (non-hydrogen) atoms. The van der Waals surface area contributed by atoms with Crippen molar-refractivity contribution in [3.63, 3.8) is 0 Å². The summed E-state index contributed by atoms with van der Waals surface area (Å²) in [5, 5.41) is 22.7. The van der Waals surface area contributed by atoms with Gasteiger partial charge in [0.15, 0.2) is 0 Å². The number of nitrogens with zero attached hydrogens (tertiary/aromatic N) is 2. The molecule has 2 N–H and O–H groups in total. The number of oxime groups is 1. The summed E-state index contributed by atoms with van der Waals surface area (Å²) in [5.74, 6) is -0.943. The zero-order valence-corrected chi connectivity index (χ0v) is 19.2. The number of hydrogen-bond acceptors (Lipinski definition) is 4. The average Bonchev–Trinajstić information content (AvgIpc) is 2.85. The Morgan fingerprint density at radius 2 is 1.62 bits per heavy atom. The summed E-state index contributed by atoms with van der Waals surface area (Å²) in [6.45, 7) is 4.01. The molecule has 0 saturated carbocycles. The van der Waals surface area contributed by atoms with Gasteiger partial charge < -0.3 is 10.3 Å². The standard InChI is InChI=1S/C29H26N2O3/c1-19-16-24(14-15-30-19)26-10-5-11-27(20(26)2)28(31-34)13-12-21-6-3-7-22(17-21)23-8-4-9-25(18-23)29(32)33/h3-11,14-18,34H,12-13H2,1-2H3,(H,32,33)/b31-28-. The van der Waals surface area contributed by atoms with Gasteiger partial charge in [-0.15, -0.1) is 0 Å². The molecule has 0 atom stereocenters. The van der Waals surface area contributed by atoms with Crippen molar-refractivity contribution in [2.24, 2.45) is 5.16 Å². The second-order valence-electron chi connectivity index (χ2n) is 8.30. The summed E-state index contributed by atoms with van der Waals surface area (Å²) in [6, 6.07) is 25.0. The van der Waals surface area contributed by atoms with Crippen molar-refractivity contribution in [2.45, 2.75) is 26.7 Å². The summed E-state index contributed by atoms with van der Waals surface area (Å²) >= 11 is 0. The van der Waals surface area contributed by atoms with Crippen LogP contribution in [0.5, 0.6) is 0 Å². The Labute approximate surface area is 199 Å². The minimum atomic E-state index is -0.943. The number of rotatable bonds is 7. The van der Waals surface area contributed by atoms with Gasteiger partial charge in [-0.1, -0.05) is 59.8 Å². The third kappa shape index (κ3) is 5.04. The van der Waals surface area contributed by atoms with Gasteiger partial charge in [-0.05, 0) is 84.3 Å². The Morgan fingerprint density at radius 3 is 2.35 bits per heavy atom. The van der Waals surface area contributed by atoms with Gasteiger partial charge in [0.1, 0.15) is 0 Å². The number of aryl methyl sites for hydroxylation is 2. The Hall–Kier alpha value is -4.25. The van der Waals surface area contributed by atoms with Gasteiger partial charge in [0.25, 0.3) is 0 Å². The Morgan fingerprint density at radius 1 is 0.882 bits per heavy atom. The molecule has 4 aromatic rings. The molecule has 0 aliphatic rings. The first-order valence-electron chi connectivity index (χ1n) is 11.1. The lowest BCUT2D eigenvalue weighted by atomic mass is 9.92. The molecule has 1 heterocycles. The molecule has 1 aromatic heterocycles.